The molecular formula is C40H60N8O11. The molecule has 1 aliphatic heterocycles. The van der Waals surface area contributed by atoms with E-state index in [0.29, 0.717) is 61.8 Å². The Bertz CT molecular complexity index is 1900. The average Bonchev–Trinajstić information content (AvgIpc) is 3.81. The molecule has 326 valence electrons. The van der Waals surface area contributed by atoms with Gasteiger partial charge < -0.3 is 60.3 Å². The van der Waals surface area contributed by atoms with Crippen LogP contribution in [0, 0.1) is 5.92 Å². The summed E-state index contributed by atoms with van der Waals surface area (Å²) < 4.78 is 23.6. The van der Waals surface area contributed by atoms with Gasteiger partial charge in [0.1, 0.15) is 36.1 Å². The number of nitrogens with one attached hydrogen (secondary N) is 3. The predicted octanol–water partition coefficient (Wildman–Crippen LogP) is 1.32. The van der Waals surface area contributed by atoms with Gasteiger partial charge >= 0.3 is 5.97 Å². The van der Waals surface area contributed by atoms with E-state index >= 15 is 0 Å². The number of carboxylic acids is 1. The summed E-state index contributed by atoms with van der Waals surface area (Å²) in [4.78, 5) is 77.1. The minimum atomic E-state index is -1.43. The van der Waals surface area contributed by atoms with Crippen LogP contribution in [0.15, 0.2) is 24.3 Å². The van der Waals surface area contributed by atoms with E-state index in [-0.39, 0.29) is 58.2 Å². The topological polar surface area (TPSA) is 259 Å². The van der Waals surface area contributed by atoms with Gasteiger partial charge in [0.15, 0.2) is 5.82 Å². The van der Waals surface area contributed by atoms with Crippen LogP contribution >= 0.6 is 0 Å². The highest BCUT2D eigenvalue weighted by atomic mass is 16.5. The summed E-state index contributed by atoms with van der Waals surface area (Å²) >= 11 is 0. The molecule has 1 aromatic carbocycles. The number of nitrogens with two attached hydrogens (primary N) is 1. The molecule has 3 aromatic rings. The average molecular weight is 829 g/mol. The number of nitrogens with zero attached hydrogens (tertiary/aromatic N) is 4. The van der Waals surface area contributed by atoms with Crippen LogP contribution in [0.3, 0.4) is 0 Å². The number of anilines is 1. The molecule has 0 saturated carbocycles. The first-order valence-corrected chi connectivity index (χ1v) is 20.1. The molecule has 2 aromatic heterocycles. The van der Waals surface area contributed by atoms with Gasteiger partial charge in [-0.05, 0) is 45.6 Å². The summed E-state index contributed by atoms with van der Waals surface area (Å²) in [7, 11) is 0. The van der Waals surface area contributed by atoms with Crippen molar-refractivity contribution in [2.75, 3.05) is 64.7 Å². The van der Waals surface area contributed by atoms with Gasteiger partial charge in [-0.1, -0.05) is 32.0 Å². The van der Waals surface area contributed by atoms with Crippen LogP contribution in [0.25, 0.3) is 21.9 Å². The zero-order valence-electron chi connectivity index (χ0n) is 34.7. The van der Waals surface area contributed by atoms with Gasteiger partial charge in [-0.15, -0.1) is 0 Å². The number of carbonyl (C=O) groups is 5. The highest BCUT2D eigenvalue weighted by Gasteiger charge is 2.40. The van der Waals surface area contributed by atoms with E-state index in [1.54, 1.807) is 33.8 Å². The SMILES string of the molecule is CCOCc1nc2c(NC(=O)[C@@H](NC(=O)[C@@H]3CCCN3C(=O)[C@H](CC(=O)O)NC(=O)CCOCCOCCOCCN)C(C)C)nc3ccccc3c2n1CC(C)(C)O. The number of benzene rings is 1. The lowest BCUT2D eigenvalue weighted by Crippen LogP contribution is -2.57. The normalized spacial score (nSPS) is 15.5. The quantitative estimate of drug-likeness (QED) is 0.0659. The highest BCUT2D eigenvalue weighted by Crippen LogP contribution is 2.32. The molecule has 1 aliphatic rings. The standard InChI is InChI=1S/C40H60N8O11/c1-6-56-23-30-44-34-35(48(30)24-40(4,5)55)26-10-7-8-11-27(26)43-36(34)46-38(53)33(25(2)3)45-37(52)29-12-9-15-47(29)39(54)28(22-32(50)51)42-31(49)13-16-57-18-20-59-21-19-58-17-14-41/h7-8,10-11,25,28-29,33,55H,6,9,12-24,41H2,1-5H3,(H,42,49)(H,45,52)(H,50,51)(H,43,46,53)/t28-,29-,33-/m0/s1. The second-order valence-corrected chi connectivity index (χ2v) is 15.2. The summed E-state index contributed by atoms with van der Waals surface area (Å²) in [6.45, 7) is 11.8. The molecule has 7 N–H and O–H groups in total. The van der Waals surface area contributed by atoms with Crippen LogP contribution < -0.4 is 21.7 Å². The number of aliphatic carboxylic acids is 1. The first-order chi connectivity index (χ1) is 28.1. The van der Waals surface area contributed by atoms with Crippen molar-refractivity contribution in [2.24, 2.45) is 11.7 Å². The molecular weight excluding hydrogens is 768 g/mol. The van der Waals surface area contributed by atoms with Gasteiger partial charge in [-0.3, -0.25) is 24.0 Å². The van der Waals surface area contributed by atoms with E-state index in [2.05, 4.69) is 16.0 Å². The molecule has 1 fully saturated rings. The first-order valence-electron chi connectivity index (χ1n) is 20.1. The van der Waals surface area contributed by atoms with Crippen molar-refractivity contribution in [1.29, 1.82) is 0 Å². The maximum Gasteiger partial charge on any atom is 0.305 e. The van der Waals surface area contributed by atoms with E-state index in [0.717, 1.165) is 5.39 Å². The minimum Gasteiger partial charge on any atom is -0.481 e. The molecule has 19 nitrogen and oxygen atoms in total. The summed E-state index contributed by atoms with van der Waals surface area (Å²) in [5.41, 5.74) is 5.84. The first kappa shape index (κ1) is 46.9. The van der Waals surface area contributed by atoms with E-state index in [4.69, 9.17) is 34.6 Å². The number of carboxylic acid groups (broad SMARTS) is 1. The third kappa shape index (κ3) is 13.6. The molecule has 3 atom stereocenters. The smallest absolute Gasteiger partial charge is 0.305 e. The van der Waals surface area contributed by atoms with Gasteiger partial charge in [0.2, 0.25) is 23.6 Å². The van der Waals surface area contributed by atoms with Crippen LogP contribution in [0.2, 0.25) is 0 Å². The van der Waals surface area contributed by atoms with Crippen LogP contribution in [-0.4, -0.2) is 142 Å². The number of hydrogen-bond acceptors (Lipinski definition) is 13. The fourth-order valence-electron chi connectivity index (χ4n) is 6.74. The number of rotatable bonds is 25. The van der Waals surface area contributed by atoms with E-state index in [1.807, 2.05) is 29.7 Å². The van der Waals surface area contributed by atoms with Crippen molar-refractivity contribution < 1.29 is 53.1 Å². The van der Waals surface area contributed by atoms with Gasteiger partial charge in [0.25, 0.3) is 0 Å². The lowest BCUT2D eigenvalue weighted by molar-refractivity contribution is -0.146. The molecule has 3 heterocycles. The Morgan fingerprint density at radius 3 is 2.29 bits per heavy atom. The van der Waals surface area contributed by atoms with E-state index in [1.165, 1.54) is 4.90 Å². The largest absolute Gasteiger partial charge is 0.481 e. The monoisotopic (exact) mass is 828 g/mol. The number of carbonyl (C=O) groups excluding carboxylic acids is 4. The lowest BCUT2D eigenvalue weighted by Gasteiger charge is -2.30. The number of hydrogen-bond donors (Lipinski definition) is 6. The number of aliphatic hydroxyl groups is 1. The van der Waals surface area contributed by atoms with Crippen LogP contribution in [0.4, 0.5) is 5.82 Å². The Hall–Kier alpha value is -4.79. The molecule has 0 aliphatic carbocycles. The Morgan fingerprint density at radius 2 is 1.64 bits per heavy atom. The van der Waals surface area contributed by atoms with Gasteiger partial charge in [-0.25, -0.2) is 9.97 Å². The zero-order valence-corrected chi connectivity index (χ0v) is 34.7. The summed E-state index contributed by atoms with van der Waals surface area (Å²) in [6.07, 6.45) is -0.120. The number of amides is 4. The minimum absolute atomic E-state index is 0.0116. The number of pyridine rings is 1. The molecule has 0 bridgehead atoms. The third-order valence-corrected chi connectivity index (χ3v) is 9.46. The predicted molar refractivity (Wildman–Crippen MR) is 217 cm³/mol. The maximum atomic E-state index is 14.1. The molecule has 4 rings (SSSR count). The fourth-order valence-corrected chi connectivity index (χ4v) is 6.74. The van der Waals surface area contributed by atoms with Crippen molar-refractivity contribution in [2.45, 2.75) is 97.2 Å². The molecule has 0 spiro atoms. The van der Waals surface area contributed by atoms with E-state index < -0.39 is 65.7 Å². The van der Waals surface area contributed by atoms with Gasteiger partial charge in [-0.2, -0.15) is 0 Å². The van der Waals surface area contributed by atoms with E-state index in [9.17, 15) is 34.2 Å². The fraction of sp³-hybridized carbons (Fsp3) is 0.625. The number of ether oxygens (including phenoxy) is 4. The van der Waals surface area contributed by atoms with Crippen molar-refractivity contribution in [3.05, 3.63) is 30.1 Å². The Balaban J connectivity index is 1.45. The lowest BCUT2D eigenvalue weighted by atomic mass is 10.0. The molecule has 59 heavy (non-hydrogen) atoms. The van der Waals surface area contributed by atoms with Crippen LogP contribution in [-0.2, 0) is 56.1 Å². The Kier molecular flexibility index (Phi) is 17.9. The highest BCUT2D eigenvalue weighted by molar-refractivity contribution is 6.10. The van der Waals surface area contributed by atoms with Gasteiger partial charge in [0, 0.05) is 31.5 Å². The van der Waals surface area contributed by atoms with Crippen molar-refractivity contribution in [3.8, 4) is 0 Å². The van der Waals surface area contributed by atoms with Crippen LogP contribution in [0.5, 0.6) is 0 Å². The summed E-state index contributed by atoms with van der Waals surface area (Å²) in [5, 5.41) is 29.4. The number of imidazole rings is 1. The molecule has 1 saturated heterocycles. The molecule has 19 heteroatoms. The van der Waals surface area contributed by atoms with Crippen molar-refractivity contribution in [1.82, 2.24) is 30.1 Å². The molecule has 4 amide bonds. The molecule has 0 radical (unpaired) electrons. The van der Waals surface area contributed by atoms with Crippen molar-refractivity contribution in [3.63, 3.8) is 0 Å². The maximum absolute atomic E-state index is 14.1. The number of fused-ring (bicyclic) bond motifs is 3. The van der Waals surface area contributed by atoms with Crippen LogP contribution in [0.1, 0.15) is 66.1 Å². The van der Waals surface area contributed by atoms with Gasteiger partial charge in [0.05, 0.1) is 69.2 Å². The zero-order chi connectivity index (χ0) is 43.1. The molecule has 0 unspecified atom stereocenters. The number of aromatic nitrogens is 3. The number of likely N-dealkylation sites (tertiary alicyclic amines) is 1. The second-order valence-electron chi connectivity index (χ2n) is 15.2. The summed E-state index contributed by atoms with van der Waals surface area (Å²) in [6, 6.07) is 3.85. The Labute approximate surface area is 343 Å². The second kappa shape index (κ2) is 22.5. The third-order valence-electron chi connectivity index (χ3n) is 9.46. The Morgan fingerprint density at radius 1 is 0.966 bits per heavy atom. The summed E-state index contributed by atoms with van der Waals surface area (Å²) in [5.74, 6) is -3.52. The number of para-hydroxylation sites is 1. The van der Waals surface area contributed by atoms with Crippen molar-refractivity contribution >= 4 is 57.4 Å².